The molecule has 1 amide bonds. The van der Waals surface area contributed by atoms with Gasteiger partial charge in [0.15, 0.2) is 23.8 Å². The van der Waals surface area contributed by atoms with Crippen LogP contribution in [0.2, 0.25) is 0 Å². The van der Waals surface area contributed by atoms with Crippen molar-refractivity contribution in [2.75, 3.05) is 13.4 Å². The Morgan fingerprint density at radius 2 is 1.97 bits per heavy atom. The SMILES string of the molecule is CC(NC(=O)COC(=O)c1cc(C2CC2)nc2c1cnn2C(C)C)c1ccc2c(c1)OCO2. The van der Waals surface area contributed by atoms with Crippen molar-refractivity contribution in [3.05, 3.63) is 47.3 Å². The van der Waals surface area contributed by atoms with Crippen LogP contribution in [0, 0.1) is 0 Å². The summed E-state index contributed by atoms with van der Waals surface area (Å²) in [7, 11) is 0. The van der Waals surface area contributed by atoms with Crippen molar-refractivity contribution in [3.8, 4) is 11.5 Å². The van der Waals surface area contributed by atoms with E-state index in [4.69, 9.17) is 19.2 Å². The van der Waals surface area contributed by atoms with Crippen LogP contribution in [0.3, 0.4) is 0 Å². The van der Waals surface area contributed by atoms with Gasteiger partial charge in [-0.15, -0.1) is 0 Å². The zero-order valence-corrected chi connectivity index (χ0v) is 18.8. The van der Waals surface area contributed by atoms with E-state index >= 15 is 0 Å². The van der Waals surface area contributed by atoms with Crippen molar-refractivity contribution in [2.24, 2.45) is 0 Å². The smallest absolute Gasteiger partial charge is 0.339 e. The molecular weight excluding hydrogens is 424 g/mol. The number of fused-ring (bicyclic) bond motifs is 2. The number of pyridine rings is 1. The van der Waals surface area contributed by atoms with Crippen molar-refractivity contribution >= 4 is 22.9 Å². The number of hydrogen-bond acceptors (Lipinski definition) is 7. The van der Waals surface area contributed by atoms with Gasteiger partial charge in [-0.05, 0) is 57.4 Å². The molecule has 0 spiro atoms. The Labute approximate surface area is 191 Å². The van der Waals surface area contributed by atoms with Gasteiger partial charge in [-0.2, -0.15) is 5.10 Å². The normalized spacial score (nSPS) is 15.6. The van der Waals surface area contributed by atoms with E-state index < -0.39 is 5.97 Å². The number of amides is 1. The summed E-state index contributed by atoms with van der Waals surface area (Å²) in [4.78, 5) is 30.1. The Morgan fingerprint density at radius 3 is 2.73 bits per heavy atom. The molecule has 1 fully saturated rings. The van der Waals surface area contributed by atoms with E-state index in [1.807, 2.05) is 39.0 Å². The van der Waals surface area contributed by atoms with Crippen LogP contribution in [0.1, 0.15) is 73.2 Å². The summed E-state index contributed by atoms with van der Waals surface area (Å²) in [5.41, 5.74) is 2.80. The molecule has 0 radical (unpaired) electrons. The van der Waals surface area contributed by atoms with Gasteiger partial charge in [0.1, 0.15) is 0 Å². The molecule has 2 aromatic heterocycles. The molecule has 1 aromatic carbocycles. The zero-order chi connectivity index (χ0) is 23.1. The topological polar surface area (TPSA) is 105 Å². The van der Waals surface area contributed by atoms with Gasteiger partial charge in [-0.25, -0.2) is 14.5 Å². The number of carbonyl (C=O) groups excluding carboxylic acids is 2. The quantitative estimate of drug-likeness (QED) is 0.548. The van der Waals surface area contributed by atoms with Crippen LogP contribution in [0.15, 0.2) is 30.5 Å². The Morgan fingerprint density at radius 1 is 1.18 bits per heavy atom. The second kappa shape index (κ2) is 8.38. The van der Waals surface area contributed by atoms with E-state index in [1.54, 1.807) is 16.9 Å². The van der Waals surface area contributed by atoms with Gasteiger partial charge in [0.2, 0.25) is 6.79 Å². The van der Waals surface area contributed by atoms with E-state index in [-0.39, 0.29) is 31.4 Å². The van der Waals surface area contributed by atoms with E-state index in [9.17, 15) is 9.59 Å². The molecule has 1 N–H and O–H groups in total. The first kappa shape index (κ1) is 21.2. The summed E-state index contributed by atoms with van der Waals surface area (Å²) in [5.74, 6) is 0.747. The molecule has 0 bridgehead atoms. The Balaban J connectivity index is 1.27. The lowest BCUT2D eigenvalue weighted by Gasteiger charge is -2.15. The number of esters is 1. The number of carbonyl (C=O) groups is 2. The maximum atomic E-state index is 12.9. The van der Waals surface area contributed by atoms with Crippen molar-refractivity contribution in [1.29, 1.82) is 0 Å². The molecule has 1 aliphatic carbocycles. The summed E-state index contributed by atoms with van der Waals surface area (Å²) < 4.78 is 17.9. The number of rotatable bonds is 7. The van der Waals surface area contributed by atoms with Crippen LogP contribution in [-0.2, 0) is 9.53 Å². The highest BCUT2D eigenvalue weighted by Gasteiger charge is 2.29. The Hall–Kier alpha value is -3.62. The molecule has 5 rings (SSSR count). The fourth-order valence-corrected chi connectivity index (χ4v) is 3.93. The lowest BCUT2D eigenvalue weighted by Crippen LogP contribution is -2.31. The number of nitrogens with one attached hydrogen (secondary N) is 1. The van der Waals surface area contributed by atoms with E-state index in [0.29, 0.717) is 34.0 Å². The number of hydrogen-bond donors (Lipinski definition) is 1. The maximum Gasteiger partial charge on any atom is 0.339 e. The first-order valence-corrected chi connectivity index (χ1v) is 11.1. The minimum absolute atomic E-state index is 0.108. The summed E-state index contributed by atoms with van der Waals surface area (Å²) >= 11 is 0. The summed E-state index contributed by atoms with van der Waals surface area (Å²) in [6.45, 7) is 5.69. The molecule has 3 aromatic rings. The highest BCUT2D eigenvalue weighted by Crippen LogP contribution is 2.40. The van der Waals surface area contributed by atoms with Gasteiger partial charge in [-0.3, -0.25) is 4.79 Å². The van der Waals surface area contributed by atoms with Gasteiger partial charge < -0.3 is 19.5 Å². The lowest BCUT2D eigenvalue weighted by molar-refractivity contribution is -0.124. The molecular formula is C24H26N4O5. The molecule has 172 valence electrons. The molecule has 9 heteroatoms. The van der Waals surface area contributed by atoms with Gasteiger partial charge in [-0.1, -0.05) is 6.07 Å². The van der Waals surface area contributed by atoms with Crippen molar-refractivity contribution in [2.45, 2.75) is 51.6 Å². The first-order valence-electron chi connectivity index (χ1n) is 11.1. The van der Waals surface area contributed by atoms with E-state index in [0.717, 1.165) is 24.1 Å². The van der Waals surface area contributed by atoms with Gasteiger partial charge in [0, 0.05) is 17.7 Å². The molecule has 3 heterocycles. The number of benzene rings is 1. The van der Waals surface area contributed by atoms with Crippen LogP contribution >= 0.6 is 0 Å². The standard InChI is InChI=1S/C24H26N4O5/c1-13(2)28-23-18(10-25-28)17(9-19(27-23)15-4-5-15)24(30)31-11-22(29)26-14(3)16-6-7-20-21(8-16)33-12-32-20/h6-10,13-15H,4-5,11-12H2,1-3H3,(H,26,29). The molecule has 2 aliphatic rings. The summed E-state index contributed by atoms with van der Waals surface area (Å²) in [5, 5.41) is 7.88. The molecule has 1 atom stereocenters. The second-order valence-electron chi connectivity index (χ2n) is 8.77. The van der Waals surface area contributed by atoms with E-state index in [2.05, 4.69) is 10.4 Å². The summed E-state index contributed by atoms with van der Waals surface area (Å²) in [6, 6.07) is 7.11. The fourth-order valence-electron chi connectivity index (χ4n) is 3.93. The molecule has 9 nitrogen and oxygen atoms in total. The maximum absolute atomic E-state index is 12.9. The van der Waals surface area contributed by atoms with Crippen molar-refractivity contribution in [1.82, 2.24) is 20.1 Å². The molecule has 1 unspecified atom stereocenters. The van der Waals surface area contributed by atoms with E-state index in [1.165, 1.54) is 0 Å². The first-order chi connectivity index (χ1) is 15.9. The van der Waals surface area contributed by atoms with Crippen LogP contribution in [0.4, 0.5) is 0 Å². The van der Waals surface area contributed by atoms with Gasteiger partial charge in [0.05, 0.1) is 23.2 Å². The van der Waals surface area contributed by atoms with Crippen LogP contribution in [-0.4, -0.2) is 40.0 Å². The van der Waals surface area contributed by atoms with Gasteiger partial charge in [0.25, 0.3) is 5.91 Å². The third-order valence-electron chi connectivity index (χ3n) is 5.90. The predicted molar refractivity (Wildman–Crippen MR) is 119 cm³/mol. The Kier molecular flexibility index (Phi) is 5.39. The second-order valence-corrected chi connectivity index (χ2v) is 8.77. The largest absolute Gasteiger partial charge is 0.454 e. The predicted octanol–water partition coefficient (Wildman–Crippen LogP) is 3.65. The minimum Gasteiger partial charge on any atom is -0.454 e. The molecule has 1 saturated carbocycles. The van der Waals surface area contributed by atoms with Crippen LogP contribution < -0.4 is 14.8 Å². The fraction of sp³-hybridized carbons (Fsp3) is 0.417. The van der Waals surface area contributed by atoms with Gasteiger partial charge >= 0.3 is 5.97 Å². The molecule has 0 saturated heterocycles. The number of nitrogens with zero attached hydrogens (tertiary/aromatic N) is 3. The third kappa shape index (κ3) is 4.22. The molecule has 33 heavy (non-hydrogen) atoms. The van der Waals surface area contributed by atoms with Crippen molar-refractivity contribution in [3.63, 3.8) is 0 Å². The van der Waals surface area contributed by atoms with Crippen LogP contribution in [0.25, 0.3) is 11.0 Å². The average Bonchev–Trinajstić information content (AvgIpc) is 3.38. The van der Waals surface area contributed by atoms with Crippen molar-refractivity contribution < 1.29 is 23.8 Å². The zero-order valence-electron chi connectivity index (χ0n) is 18.8. The monoisotopic (exact) mass is 450 g/mol. The average molecular weight is 450 g/mol. The molecule has 1 aliphatic heterocycles. The summed E-state index contributed by atoms with van der Waals surface area (Å²) in [6.07, 6.45) is 3.75. The number of aromatic nitrogens is 3. The highest BCUT2D eigenvalue weighted by atomic mass is 16.7. The Bertz CT molecular complexity index is 1230. The third-order valence-corrected chi connectivity index (χ3v) is 5.90. The minimum atomic E-state index is -0.557. The lowest BCUT2D eigenvalue weighted by atomic mass is 10.1. The van der Waals surface area contributed by atoms with Crippen LogP contribution in [0.5, 0.6) is 11.5 Å². The highest BCUT2D eigenvalue weighted by molar-refractivity contribution is 6.03. The number of ether oxygens (including phenoxy) is 3.